The zero-order valence-electron chi connectivity index (χ0n) is 13.2. The van der Waals surface area contributed by atoms with Gasteiger partial charge >= 0.3 is 0 Å². The maximum Gasteiger partial charge on any atom is 0.230 e. The van der Waals surface area contributed by atoms with Crippen LogP contribution >= 0.6 is 23.1 Å². The van der Waals surface area contributed by atoms with Crippen LogP contribution in [-0.2, 0) is 4.79 Å². The third kappa shape index (κ3) is 5.47. The summed E-state index contributed by atoms with van der Waals surface area (Å²) in [5, 5.41) is 14.3. The number of halogens is 1. The van der Waals surface area contributed by atoms with E-state index in [1.54, 1.807) is 18.2 Å². The fourth-order valence-electron chi connectivity index (χ4n) is 1.59. The van der Waals surface area contributed by atoms with E-state index < -0.39 is 0 Å². The number of carbonyl (C=O) groups is 1. The van der Waals surface area contributed by atoms with Crippen LogP contribution in [0, 0.1) is 11.7 Å². The van der Waals surface area contributed by atoms with Crippen molar-refractivity contribution >= 4 is 39.8 Å². The summed E-state index contributed by atoms with van der Waals surface area (Å²) < 4.78 is 14.2. The molecule has 1 aromatic carbocycles. The molecule has 0 aliphatic heterocycles. The van der Waals surface area contributed by atoms with Crippen LogP contribution in [0.2, 0.25) is 0 Å². The number of aromatic nitrogens is 2. The average molecular weight is 354 g/mol. The molecule has 124 valence electrons. The average Bonchev–Trinajstić information content (AvgIpc) is 2.95. The van der Waals surface area contributed by atoms with E-state index in [4.69, 9.17) is 0 Å². The Morgan fingerprint density at radius 3 is 2.74 bits per heavy atom. The molecule has 1 heterocycles. The Balaban J connectivity index is 1.85. The standard InChI is InChI=1S/C15H19FN4OS2/c1-9(2)10(3)17-13(21)8-22-15-20-19-14(23-15)18-12-7-5-4-6-11(12)16/h4-7,9-10H,8H2,1-3H3,(H,17,21)(H,18,19)/t10-/m0/s1. The van der Waals surface area contributed by atoms with E-state index in [1.165, 1.54) is 29.2 Å². The summed E-state index contributed by atoms with van der Waals surface area (Å²) in [6.45, 7) is 6.10. The van der Waals surface area contributed by atoms with Gasteiger partial charge in [-0.1, -0.05) is 49.1 Å². The fourth-order valence-corrected chi connectivity index (χ4v) is 3.16. The van der Waals surface area contributed by atoms with Crippen molar-refractivity contribution in [3.05, 3.63) is 30.1 Å². The van der Waals surface area contributed by atoms with Gasteiger partial charge in [0.1, 0.15) is 5.82 Å². The van der Waals surface area contributed by atoms with Gasteiger partial charge in [-0.3, -0.25) is 4.79 Å². The second-order valence-electron chi connectivity index (χ2n) is 5.37. The number of benzene rings is 1. The molecule has 1 aromatic heterocycles. The molecule has 0 fully saturated rings. The highest BCUT2D eigenvalue weighted by Gasteiger charge is 2.13. The quantitative estimate of drug-likeness (QED) is 0.743. The Bertz CT molecular complexity index is 662. The number of nitrogens with zero attached hydrogens (tertiary/aromatic N) is 2. The lowest BCUT2D eigenvalue weighted by molar-refractivity contribution is -0.119. The van der Waals surface area contributed by atoms with E-state index in [1.807, 2.05) is 6.92 Å². The molecule has 0 spiro atoms. The van der Waals surface area contributed by atoms with Crippen molar-refractivity contribution in [2.45, 2.75) is 31.2 Å². The van der Waals surface area contributed by atoms with Crippen LogP contribution in [-0.4, -0.2) is 27.9 Å². The monoisotopic (exact) mass is 354 g/mol. The van der Waals surface area contributed by atoms with Gasteiger partial charge in [-0.05, 0) is 25.0 Å². The zero-order valence-corrected chi connectivity index (χ0v) is 14.8. The number of para-hydroxylation sites is 1. The number of anilines is 2. The number of amides is 1. The van der Waals surface area contributed by atoms with E-state index in [0.717, 1.165) is 0 Å². The van der Waals surface area contributed by atoms with Gasteiger partial charge in [-0.2, -0.15) is 0 Å². The van der Waals surface area contributed by atoms with Gasteiger partial charge in [-0.15, -0.1) is 10.2 Å². The number of hydrogen-bond acceptors (Lipinski definition) is 6. The molecule has 8 heteroatoms. The lowest BCUT2D eigenvalue weighted by Crippen LogP contribution is -2.37. The van der Waals surface area contributed by atoms with Gasteiger partial charge in [0.05, 0.1) is 11.4 Å². The summed E-state index contributed by atoms with van der Waals surface area (Å²) in [7, 11) is 0. The van der Waals surface area contributed by atoms with Gasteiger partial charge < -0.3 is 10.6 Å². The second kappa shape index (κ2) is 8.26. The summed E-state index contributed by atoms with van der Waals surface area (Å²) in [6.07, 6.45) is 0. The predicted molar refractivity (Wildman–Crippen MR) is 92.8 cm³/mol. The fraction of sp³-hybridized carbons (Fsp3) is 0.400. The normalized spacial score (nSPS) is 12.2. The van der Waals surface area contributed by atoms with Gasteiger partial charge in [0.15, 0.2) is 4.34 Å². The molecule has 2 rings (SSSR count). The zero-order chi connectivity index (χ0) is 16.8. The van der Waals surface area contributed by atoms with Crippen molar-refractivity contribution in [1.82, 2.24) is 15.5 Å². The lowest BCUT2D eigenvalue weighted by Gasteiger charge is -2.16. The Morgan fingerprint density at radius 2 is 2.04 bits per heavy atom. The first-order chi connectivity index (χ1) is 11.0. The van der Waals surface area contributed by atoms with Crippen LogP contribution < -0.4 is 10.6 Å². The van der Waals surface area contributed by atoms with Gasteiger partial charge in [0, 0.05) is 6.04 Å². The highest BCUT2D eigenvalue weighted by Crippen LogP contribution is 2.28. The molecular weight excluding hydrogens is 335 g/mol. The van der Waals surface area contributed by atoms with E-state index in [2.05, 4.69) is 34.7 Å². The van der Waals surface area contributed by atoms with Gasteiger partial charge in [0.25, 0.3) is 0 Å². The third-order valence-corrected chi connectivity index (χ3v) is 5.21. The third-order valence-electron chi connectivity index (χ3n) is 3.24. The van der Waals surface area contributed by atoms with Gasteiger partial charge in [0.2, 0.25) is 11.0 Å². The maximum absolute atomic E-state index is 13.6. The van der Waals surface area contributed by atoms with E-state index in [-0.39, 0.29) is 23.5 Å². The molecule has 0 aliphatic carbocycles. The molecule has 0 unspecified atom stereocenters. The predicted octanol–water partition coefficient (Wildman–Crippen LogP) is 3.67. The lowest BCUT2D eigenvalue weighted by atomic mass is 10.1. The minimum absolute atomic E-state index is 0.0324. The molecule has 0 radical (unpaired) electrons. The number of carbonyl (C=O) groups excluding carboxylic acids is 1. The molecule has 0 aliphatic rings. The topological polar surface area (TPSA) is 66.9 Å². The summed E-state index contributed by atoms with van der Waals surface area (Å²) in [6, 6.07) is 6.50. The summed E-state index contributed by atoms with van der Waals surface area (Å²) in [5.41, 5.74) is 0.351. The maximum atomic E-state index is 13.6. The van der Waals surface area contributed by atoms with E-state index in [0.29, 0.717) is 21.1 Å². The Kier molecular flexibility index (Phi) is 6.35. The smallest absolute Gasteiger partial charge is 0.230 e. The van der Waals surface area contributed by atoms with Crippen molar-refractivity contribution in [2.24, 2.45) is 5.92 Å². The molecule has 0 saturated carbocycles. The van der Waals surface area contributed by atoms with Crippen LogP contribution in [0.5, 0.6) is 0 Å². The summed E-state index contributed by atoms with van der Waals surface area (Å²) in [4.78, 5) is 11.8. The van der Waals surface area contributed by atoms with Crippen LogP contribution in [0.15, 0.2) is 28.6 Å². The molecule has 1 amide bonds. The van der Waals surface area contributed by atoms with Gasteiger partial charge in [-0.25, -0.2) is 4.39 Å². The SMILES string of the molecule is CC(C)[C@H](C)NC(=O)CSc1nnc(Nc2ccccc2F)s1. The van der Waals surface area contributed by atoms with Crippen molar-refractivity contribution in [2.75, 3.05) is 11.1 Å². The molecule has 0 bridgehead atoms. The first-order valence-corrected chi connectivity index (χ1v) is 9.03. The first kappa shape index (κ1) is 17.7. The Labute approximate surface area is 143 Å². The van der Waals surface area contributed by atoms with Crippen LogP contribution in [0.3, 0.4) is 0 Å². The minimum atomic E-state index is -0.348. The number of thioether (sulfide) groups is 1. The molecule has 2 aromatic rings. The second-order valence-corrected chi connectivity index (χ2v) is 7.57. The van der Waals surface area contributed by atoms with Crippen LogP contribution in [0.1, 0.15) is 20.8 Å². The summed E-state index contributed by atoms with van der Waals surface area (Å²) in [5.74, 6) is 0.293. The molecule has 1 atom stereocenters. The van der Waals surface area contributed by atoms with Crippen LogP contribution in [0.4, 0.5) is 15.2 Å². The molecule has 2 N–H and O–H groups in total. The number of hydrogen-bond donors (Lipinski definition) is 2. The van der Waals surface area contributed by atoms with Crippen molar-refractivity contribution < 1.29 is 9.18 Å². The highest BCUT2D eigenvalue weighted by molar-refractivity contribution is 8.01. The van der Waals surface area contributed by atoms with E-state index in [9.17, 15) is 9.18 Å². The molecular formula is C15H19FN4OS2. The van der Waals surface area contributed by atoms with E-state index >= 15 is 0 Å². The molecule has 5 nitrogen and oxygen atoms in total. The van der Waals surface area contributed by atoms with Crippen LogP contribution in [0.25, 0.3) is 0 Å². The van der Waals surface area contributed by atoms with Crippen molar-refractivity contribution in [3.63, 3.8) is 0 Å². The largest absolute Gasteiger partial charge is 0.353 e. The van der Waals surface area contributed by atoms with Crippen molar-refractivity contribution in [1.29, 1.82) is 0 Å². The minimum Gasteiger partial charge on any atom is -0.353 e. The number of nitrogens with one attached hydrogen (secondary N) is 2. The van der Waals surface area contributed by atoms with Crippen molar-refractivity contribution in [3.8, 4) is 0 Å². The molecule has 0 saturated heterocycles. The Hall–Kier alpha value is -1.67. The summed E-state index contributed by atoms with van der Waals surface area (Å²) >= 11 is 2.60. The molecule has 23 heavy (non-hydrogen) atoms. The number of rotatable bonds is 7. The highest BCUT2D eigenvalue weighted by atomic mass is 32.2. The Morgan fingerprint density at radius 1 is 1.30 bits per heavy atom. The first-order valence-electron chi connectivity index (χ1n) is 7.23.